The number of ether oxygens (including phenoxy) is 2. The van der Waals surface area contributed by atoms with Gasteiger partial charge in [-0.3, -0.25) is 5.32 Å². The second kappa shape index (κ2) is 11.8. The van der Waals surface area contributed by atoms with E-state index < -0.39 is 0 Å². The third kappa shape index (κ3) is 6.99. The van der Waals surface area contributed by atoms with Gasteiger partial charge in [-0.05, 0) is 24.0 Å². The van der Waals surface area contributed by atoms with Crippen LogP contribution in [0.5, 0.6) is 0 Å². The van der Waals surface area contributed by atoms with Gasteiger partial charge in [0.2, 0.25) is 0 Å². The summed E-state index contributed by atoms with van der Waals surface area (Å²) in [5.74, 6) is 0. The summed E-state index contributed by atoms with van der Waals surface area (Å²) >= 11 is 0. The van der Waals surface area contributed by atoms with Crippen LogP contribution >= 0.6 is 0 Å². The second-order valence-electron chi connectivity index (χ2n) is 6.20. The summed E-state index contributed by atoms with van der Waals surface area (Å²) in [7, 11) is 0. The number of rotatable bonds is 12. The Morgan fingerprint density at radius 2 is 1.08 bits per heavy atom. The zero-order chi connectivity index (χ0) is 17.7. The predicted molar refractivity (Wildman–Crippen MR) is 103 cm³/mol. The Bertz CT molecular complexity index is 507. The van der Waals surface area contributed by atoms with E-state index in [4.69, 9.17) is 9.47 Å². The Labute approximate surface area is 152 Å². The van der Waals surface area contributed by atoms with Crippen LogP contribution in [0.2, 0.25) is 0 Å². The molecule has 0 heterocycles. The Morgan fingerprint density at radius 3 is 1.44 bits per heavy atom. The van der Waals surface area contributed by atoms with Crippen LogP contribution in [0, 0.1) is 0 Å². The summed E-state index contributed by atoms with van der Waals surface area (Å²) in [4.78, 5) is 0. The first-order valence-electron chi connectivity index (χ1n) is 9.44. The van der Waals surface area contributed by atoms with Crippen LogP contribution in [0.25, 0.3) is 0 Å². The Hall–Kier alpha value is -1.68. The van der Waals surface area contributed by atoms with Gasteiger partial charge in [0, 0.05) is 13.2 Å². The molecule has 0 fully saturated rings. The maximum atomic E-state index is 6.14. The Balaban J connectivity index is 2.12. The van der Waals surface area contributed by atoms with Gasteiger partial charge in [-0.15, -0.1) is 0 Å². The van der Waals surface area contributed by atoms with Gasteiger partial charge in [0.15, 0.2) is 0 Å². The highest BCUT2D eigenvalue weighted by molar-refractivity contribution is 5.20. The normalized spacial score (nSPS) is 13.5. The SMILES string of the molecule is CCCCOC(NC(OCCCC)c1ccccc1)c1ccccc1. The van der Waals surface area contributed by atoms with Crippen LogP contribution in [-0.2, 0) is 9.47 Å². The van der Waals surface area contributed by atoms with Crippen LogP contribution in [0.3, 0.4) is 0 Å². The van der Waals surface area contributed by atoms with Gasteiger partial charge in [-0.1, -0.05) is 87.4 Å². The lowest BCUT2D eigenvalue weighted by atomic mass is 10.1. The van der Waals surface area contributed by atoms with Crippen molar-refractivity contribution in [2.24, 2.45) is 0 Å². The summed E-state index contributed by atoms with van der Waals surface area (Å²) in [5, 5.41) is 3.56. The first kappa shape index (κ1) is 19.6. The summed E-state index contributed by atoms with van der Waals surface area (Å²) in [5.41, 5.74) is 2.25. The van der Waals surface area contributed by atoms with Crippen molar-refractivity contribution in [2.75, 3.05) is 13.2 Å². The molecule has 2 unspecified atom stereocenters. The molecule has 0 saturated heterocycles. The standard InChI is InChI=1S/C22H31NO2/c1-3-5-17-24-21(19-13-9-7-10-14-19)23-22(25-18-6-4-2)20-15-11-8-12-16-20/h7-16,21-23H,3-6,17-18H2,1-2H3. The van der Waals surface area contributed by atoms with Gasteiger partial charge in [0.05, 0.1) is 0 Å². The molecule has 136 valence electrons. The molecule has 0 spiro atoms. The minimum absolute atomic E-state index is 0.181. The molecule has 2 rings (SSSR count). The lowest BCUT2D eigenvalue weighted by molar-refractivity contribution is -0.0502. The highest BCUT2D eigenvalue weighted by Crippen LogP contribution is 2.22. The molecule has 0 aliphatic heterocycles. The van der Waals surface area contributed by atoms with Crippen molar-refractivity contribution in [3.05, 3.63) is 71.8 Å². The van der Waals surface area contributed by atoms with Crippen LogP contribution in [-0.4, -0.2) is 13.2 Å². The lowest BCUT2D eigenvalue weighted by Crippen LogP contribution is -2.30. The van der Waals surface area contributed by atoms with Gasteiger partial charge in [0.1, 0.15) is 12.5 Å². The van der Waals surface area contributed by atoms with Gasteiger partial charge in [-0.25, -0.2) is 0 Å². The van der Waals surface area contributed by atoms with Crippen molar-refractivity contribution < 1.29 is 9.47 Å². The van der Waals surface area contributed by atoms with E-state index in [2.05, 4.69) is 43.4 Å². The van der Waals surface area contributed by atoms with Crippen molar-refractivity contribution in [3.8, 4) is 0 Å². The summed E-state index contributed by atoms with van der Waals surface area (Å²) in [6.07, 6.45) is 3.99. The maximum Gasteiger partial charge on any atom is 0.136 e. The summed E-state index contributed by atoms with van der Waals surface area (Å²) in [6.45, 7) is 5.82. The van der Waals surface area contributed by atoms with Gasteiger partial charge in [-0.2, -0.15) is 0 Å². The van der Waals surface area contributed by atoms with E-state index >= 15 is 0 Å². The third-order valence-electron chi connectivity index (χ3n) is 4.07. The van der Waals surface area contributed by atoms with Crippen LogP contribution < -0.4 is 5.32 Å². The van der Waals surface area contributed by atoms with E-state index in [0.29, 0.717) is 0 Å². The van der Waals surface area contributed by atoms with E-state index in [9.17, 15) is 0 Å². The zero-order valence-corrected chi connectivity index (χ0v) is 15.5. The first-order chi connectivity index (χ1) is 12.3. The molecule has 2 aromatic carbocycles. The van der Waals surface area contributed by atoms with E-state index in [1.54, 1.807) is 0 Å². The average molecular weight is 341 g/mol. The number of unbranched alkanes of at least 4 members (excludes halogenated alkanes) is 2. The Morgan fingerprint density at radius 1 is 0.680 bits per heavy atom. The predicted octanol–water partition coefficient (Wildman–Crippen LogP) is 5.61. The molecule has 0 aromatic heterocycles. The Kier molecular flexibility index (Phi) is 9.27. The first-order valence-corrected chi connectivity index (χ1v) is 9.44. The molecule has 0 aliphatic carbocycles. The van der Waals surface area contributed by atoms with Gasteiger partial charge >= 0.3 is 0 Å². The molecule has 0 amide bonds. The molecular weight excluding hydrogens is 310 g/mol. The highest BCUT2D eigenvalue weighted by atomic mass is 16.5. The van der Waals surface area contributed by atoms with E-state index in [1.165, 1.54) is 0 Å². The fourth-order valence-electron chi connectivity index (χ4n) is 2.57. The molecule has 2 atom stereocenters. The number of hydrogen-bond donors (Lipinski definition) is 1. The fraction of sp³-hybridized carbons (Fsp3) is 0.455. The molecule has 0 radical (unpaired) electrons. The lowest BCUT2D eigenvalue weighted by Gasteiger charge is -2.27. The molecular formula is C22H31NO2. The van der Waals surface area contributed by atoms with Crippen molar-refractivity contribution in [3.63, 3.8) is 0 Å². The van der Waals surface area contributed by atoms with E-state index in [-0.39, 0.29) is 12.5 Å². The number of benzene rings is 2. The quantitative estimate of drug-likeness (QED) is 0.402. The van der Waals surface area contributed by atoms with Crippen LogP contribution in [0.1, 0.15) is 63.1 Å². The summed E-state index contributed by atoms with van der Waals surface area (Å²) < 4.78 is 12.3. The monoisotopic (exact) mass is 341 g/mol. The van der Waals surface area contributed by atoms with E-state index in [0.717, 1.165) is 50.0 Å². The van der Waals surface area contributed by atoms with Crippen LogP contribution in [0.15, 0.2) is 60.7 Å². The van der Waals surface area contributed by atoms with Crippen molar-refractivity contribution in [2.45, 2.75) is 52.0 Å². The number of nitrogens with one attached hydrogen (secondary N) is 1. The number of hydrogen-bond acceptors (Lipinski definition) is 3. The molecule has 0 aliphatic rings. The van der Waals surface area contributed by atoms with Gasteiger partial charge in [0.25, 0.3) is 0 Å². The minimum atomic E-state index is -0.181. The van der Waals surface area contributed by atoms with Crippen molar-refractivity contribution >= 4 is 0 Å². The van der Waals surface area contributed by atoms with Crippen molar-refractivity contribution in [1.29, 1.82) is 0 Å². The molecule has 25 heavy (non-hydrogen) atoms. The molecule has 0 saturated carbocycles. The van der Waals surface area contributed by atoms with Gasteiger partial charge < -0.3 is 9.47 Å². The topological polar surface area (TPSA) is 30.5 Å². The smallest absolute Gasteiger partial charge is 0.136 e. The highest BCUT2D eigenvalue weighted by Gasteiger charge is 2.19. The molecule has 0 bridgehead atoms. The fourth-order valence-corrected chi connectivity index (χ4v) is 2.57. The maximum absolute atomic E-state index is 6.14. The molecule has 1 N–H and O–H groups in total. The molecule has 3 nitrogen and oxygen atoms in total. The van der Waals surface area contributed by atoms with Crippen molar-refractivity contribution in [1.82, 2.24) is 5.32 Å². The van der Waals surface area contributed by atoms with Crippen LogP contribution in [0.4, 0.5) is 0 Å². The summed E-state index contributed by atoms with van der Waals surface area (Å²) in [6, 6.07) is 20.6. The average Bonchev–Trinajstić information content (AvgIpc) is 2.67. The molecule has 3 heteroatoms. The third-order valence-corrected chi connectivity index (χ3v) is 4.07. The largest absolute Gasteiger partial charge is 0.359 e. The second-order valence-corrected chi connectivity index (χ2v) is 6.20. The molecule has 2 aromatic rings. The minimum Gasteiger partial charge on any atom is -0.359 e. The zero-order valence-electron chi connectivity index (χ0n) is 15.5. The van der Waals surface area contributed by atoms with E-state index in [1.807, 2.05) is 36.4 Å².